The quantitative estimate of drug-likeness (QED) is 0.880. The number of rotatable bonds is 4. The normalized spacial score (nSPS) is 22.2. The molecule has 1 fully saturated rings. The van der Waals surface area contributed by atoms with Gasteiger partial charge in [0.2, 0.25) is 5.91 Å². The molecule has 2 heterocycles. The molecule has 0 aliphatic carbocycles. The molecule has 1 aliphatic rings. The molecule has 0 bridgehead atoms. The van der Waals surface area contributed by atoms with Crippen LogP contribution in [0.5, 0.6) is 0 Å². The van der Waals surface area contributed by atoms with Gasteiger partial charge in [-0.25, -0.2) is 4.98 Å². The van der Waals surface area contributed by atoms with Crippen LogP contribution >= 0.6 is 11.3 Å². The molecule has 1 aromatic heterocycles. The number of nitrogens with two attached hydrogens (primary N) is 1. The number of anilines is 1. The van der Waals surface area contributed by atoms with Gasteiger partial charge in [0.05, 0.1) is 12.2 Å². The zero-order chi connectivity index (χ0) is 13.8. The number of hydrogen-bond donors (Lipinski definition) is 2. The first-order valence-corrected chi connectivity index (χ1v) is 7.66. The summed E-state index contributed by atoms with van der Waals surface area (Å²) in [5.74, 6) is 0.00176. The van der Waals surface area contributed by atoms with Gasteiger partial charge in [-0.3, -0.25) is 9.69 Å². The monoisotopic (exact) mass is 282 g/mol. The number of nitrogens with zero attached hydrogens (tertiary/aromatic N) is 2. The Balaban J connectivity index is 1.89. The summed E-state index contributed by atoms with van der Waals surface area (Å²) in [6.07, 6.45) is 3.43. The van der Waals surface area contributed by atoms with Crippen molar-refractivity contribution in [3.63, 3.8) is 0 Å². The third-order valence-corrected chi connectivity index (χ3v) is 4.36. The average molecular weight is 282 g/mol. The molecule has 3 N–H and O–H groups in total. The maximum absolute atomic E-state index is 12.0. The number of aryl methyl sites for hydroxylation is 1. The summed E-state index contributed by atoms with van der Waals surface area (Å²) in [4.78, 5) is 18.5. The Hall–Kier alpha value is -0.980. The van der Waals surface area contributed by atoms with Gasteiger partial charge in [0.15, 0.2) is 5.13 Å². The van der Waals surface area contributed by atoms with Crippen molar-refractivity contribution in [1.82, 2.24) is 9.88 Å². The van der Waals surface area contributed by atoms with Gasteiger partial charge >= 0.3 is 0 Å². The fourth-order valence-electron chi connectivity index (χ4n) is 2.56. The number of hydrogen-bond acceptors (Lipinski definition) is 5. The molecule has 0 aromatic carbocycles. The van der Waals surface area contributed by atoms with E-state index in [4.69, 9.17) is 5.73 Å². The smallest absolute Gasteiger partial charge is 0.240 e. The first-order valence-electron chi connectivity index (χ1n) is 6.78. The first kappa shape index (κ1) is 14.4. The van der Waals surface area contributed by atoms with E-state index in [-0.39, 0.29) is 11.9 Å². The fourth-order valence-corrected chi connectivity index (χ4v) is 3.27. The number of carbonyl (C=O) groups excluding carboxylic acids is 1. The van der Waals surface area contributed by atoms with Crippen LogP contribution in [0, 0.1) is 6.92 Å². The van der Waals surface area contributed by atoms with Gasteiger partial charge in [0.25, 0.3) is 0 Å². The van der Waals surface area contributed by atoms with Gasteiger partial charge in [0.1, 0.15) is 0 Å². The van der Waals surface area contributed by atoms with E-state index in [1.54, 1.807) is 0 Å². The molecule has 2 atom stereocenters. The summed E-state index contributed by atoms with van der Waals surface area (Å²) in [6, 6.07) is 0.424. The van der Waals surface area contributed by atoms with Crippen LogP contribution in [0.15, 0.2) is 5.38 Å². The molecular formula is C13H22N4OS. The third kappa shape index (κ3) is 3.99. The van der Waals surface area contributed by atoms with Crippen molar-refractivity contribution >= 4 is 22.4 Å². The SMILES string of the molecule is Cc1csc(NC(=O)CN2CCCCC2C(C)N)n1. The zero-order valence-corrected chi connectivity index (χ0v) is 12.4. The van der Waals surface area contributed by atoms with Crippen LogP contribution in [-0.4, -0.2) is 41.0 Å². The number of aromatic nitrogens is 1. The van der Waals surface area contributed by atoms with Crippen LogP contribution in [0.2, 0.25) is 0 Å². The van der Waals surface area contributed by atoms with E-state index in [1.165, 1.54) is 17.8 Å². The number of likely N-dealkylation sites (tertiary alicyclic amines) is 1. The Bertz CT molecular complexity index is 432. The highest BCUT2D eigenvalue weighted by atomic mass is 32.1. The Kier molecular flexibility index (Phi) is 4.90. The van der Waals surface area contributed by atoms with Crippen molar-refractivity contribution < 1.29 is 4.79 Å². The molecule has 0 spiro atoms. The largest absolute Gasteiger partial charge is 0.327 e. The van der Waals surface area contributed by atoms with Crippen molar-refractivity contribution in [3.05, 3.63) is 11.1 Å². The Morgan fingerprint density at radius 1 is 1.68 bits per heavy atom. The summed E-state index contributed by atoms with van der Waals surface area (Å²) in [5.41, 5.74) is 6.94. The van der Waals surface area contributed by atoms with E-state index in [0.29, 0.717) is 17.7 Å². The van der Waals surface area contributed by atoms with E-state index >= 15 is 0 Å². The Labute approximate surface area is 118 Å². The molecule has 0 saturated carbocycles. The Morgan fingerprint density at radius 3 is 3.11 bits per heavy atom. The van der Waals surface area contributed by atoms with Crippen molar-refractivity contribution in [2.45, 2.75) is 45.2 Å². The minimum absolute atomic E-state index is 0.00176. The summed E-state index contributed by atoms with van der Waals surface area (Å²) >= 11 is 1.46. The van der Waals surface area contributed by atoms with Gasteiger partial charge in [0, 0.05) is 17.5 Å². The van der Waals surface area contributed by atoms with Crippen LogP contribution in [0.25, 0.3) is 0 Å². The van der Waals surface area contributed by atoms with Crippen LogP contribution in [0.4, 0.5) is 5.13 Å². The predicted molar refractivity (Wildman–Crippen MR) is 78.3 cm³/mol. The minimum Gasteiger partial charge on any atom is -0.327 e. The molecule has 19 heavy (non-hydrogen) atoms. The number of thiazole rings is 1. The molecule has 6 heteroatoms. The van der Waals surface area contributed by atoms with E-state index < -0.39 is 0 Å². The molecule has 2 unspecified atom stereocenters. The number of nitrogens with one attached hydrogen (secondary N) is 1. The summed E-state index contributed by atoms with van der Waals surface area (Å²) in [7, 11) is 0. The fraction of sp³-hybridized carbons (Fsp3) is 0.692. The van der Waals surface area contributed by atoms with Gasteiger partial charge in [-0.1, -0.05) is 6.42 Å². The molecule has 1 aliphatic heterocycles. The standard InChI is InChI=1S/C13H22N4OS/c1-9-8-19-13(15-9)16-12(18)7-17-6-4-3-5-11(17)10(2)14/h8,10-11H,3-7,14H2,1-2H3,(H,15,16,18). The number of piperidine rings is 1. The van der Waals surface area contributed by atoms with Crippen molar-refractivity contribution in [1.29, 1.82) is 0 Å². The van der Waals surface area contributed by atoms with Crippen molar-refractivity contribution in [2.75, 3.05) is 18.4 Å². The third-order valence-electron chi connectivity index (χ3n) is 3.48. The summed E-state index contributed by atoms with van der Waals surface area (Å²) in [6.45, 7) is 5.30. The lowest BCUT2D eigenvalue weighted by atomic mass is 9.97. The first-order chi connectivity index (χ1) is 9.06. The van der Waals surface area contributed by atoms with Gasteiger partial charge in [-0.15, -0.1) is 11.3 Å². The molecule has 0 radical (unpaired) electrons. The highest BCUT2D eigenvalue weighted by molar-refractivity contribution is 7.13. The highest BCUT2D eigenvalue weighted by Crippen LogP contribution is 2.19. The molecule has 1 aromatic rings. The summed E-state index contributed by atoms with van der Waals surface area (Å²) < 4.78 is 0. The summed E-state index contributed by atoms with van der Waals surface area (Å²) in [5, 5.41) is 5.46. The van der Waals surface area contributed by atoms with Gasteiger partial charge < -0.3 is 11.1 Å². The predicted octanol–water partition coefficient (Wildman–Crippen LogP) is 1.59. The molecule has 1 saturated heterocycles. The van der Waals surface area contributed by atoms with E-state index in [2.05, 4.69) is 15.2 Å². The minimum atomic E-state index is 0.00176. The van der Waals surface area contributed by atoms with Crippen LogP contribution in [0.3, 0.4) is 0 Å². The Morgan fingerprint density at radius 2 is 2.47 bits per heavy atom. The van der Waals surface area contributed by atoms with Gasteiger partial charge in [-0.05, 0) is 33.2 Å². The topological polar surface area (TPSA) is 71.2 Å². The lowest BCUT2D eigenvalue weighted by Crippen LogP contribution is -2.51. The molecule has 106 valence electrons. The maximum atomic E-state index is 12.0. The maximum Gasteiger partial charge on any atom is 0.240 e. The van der Waals surface area contributed by atoms with Gasteiger partial charge in [-0.2, -0.15) is 0 Å². The van der Waals surface area contributed by atoms with E-state index in [1.807, 2.05) is 19.2 Å². The number of carbonyl (C=O) groups is 1. The molecule has 1 amide bonds. The second kappa shape index (κ2) is 6.45. The van der Waals surface area contributed by atoms with Crippen molar-refractivity contribution in [3.8, 4) is 0 Å². The number of amides is 1. The van der Waals surface area contributed by atoms with Crippen LogP contribution < -0.4 is 11.1 Å². The van der Waals surface area contributed by atoms with Crippen LogP contribution in [0.1, 0.15) is 31.9 Å². The lowest BCUT2D eigenvalue weighted by molar-refractivity contribution is -0.118. The molecule has 5 nitrogen and oxygen atoms in total. The van der Waals surface area contributed by atoms with E-state index in [9.17, 15) is 4.79 Å². The average Bonchev–Trinajstić information content (AvgIpc) is 2.75. The second-order valence-corrected chi connectivity index (χ2v) is 6.09. The van der Waals surface area contributed by atoms with E-state index in [0.717, 1.165) is 25.1 Å². The second-order valence-electron chi connectivity index (χ2n) is 5.23. The molecular weight excluding hydrogens is 260 g/mol. The van der Waals surface area contributed by atoms with Crippen LogP contribution in [-0.2, 0) is 4.79 Å². The lowest BCUT2D eigenvalue weighted by Gasteiger charge is -2.37. The zero-order valence-electron chi connectivity index (χ0n) is 11.6. The highest BCUT2D eigenvalue weighted by Gasteiger charge is 2.26. The van der Waals surface area contributed by atoms with Crippen molar-refractivity contribution in [2.24, 2.45) is 5.73 Å². The molecule has 2 rings (SSSR count).